The van der Waals surface area contributed by atoms with Crippen LogP contribution < -0.4 is 93.9 Å². The third-order valence-electron chi connectivity index (χ3n) is 23.6. The largest absolute Gasteiger partial charge is 0.326 e. The van der Waals surface area contributed by atoms with Crippen LogP contribution in [0.25, 0.3) is 65.2 Å². The lowest BCUT2D eigenvalue weighted by Gasteiger charge is -2.23. The second-order valence-electron chi connectivity index (χ2n) is 32.7. The van der Waals surface area contributed by atoms with Crippen LogP contribution in [0.5, 0.6) is 0 Å². The lowest BCUT2D eigenvalue weighted by atomic mass is 10.0. The normalized spacial score (nSPS) is 18.2. The summed E-state index contributed by atoms with van der Waals surface area (Å²) in [6.45, 7) is 3.50. The van der Waals surface area contributed by atoms with Crippen molar-refractivity contribution in [2.45, 2.75) is 172 Å². The number of Topliss-reactive ketones (excluding diaryl/α,β-unsaturated/α-hetero) is 1. The average Bonchev–Trinajstić information content (AvgIpc) is 0.796. The van der Waals surface area contributed by atoms with E-state index in [0.717, 1.165) is 68.4 Å². The summed E-state index contributed by atoms with van der Waals surface area (Å²) in [6, 6.07) is 35.9. The van der Waals surface area contributed by atoms with Gasteiger partial charge in [-0.1, -0.05) is 93.1 Å². The molecule has 45 heteroatoms. The number of hydrogen-bond donors (Lipinski definition) is 11. The highest BCUT2D eigenvalue weighted by Gasteiger charge is 2.37. The van der Waals surface area contributed by atoms with Gasteiger partial charge in [0.1, 0.15) is 64.1 Å². The van der Waals surface area contributed by atoms with Crippen molar-refractivity contribution in [2.24, 2.45) is 28.7 Å². The van der Waals surface area contributed by atoms with Crippen LogP contribution in [0.1, 0.15) is 164 Å². The number of pyridine rings is 2. The van der Waals surface area contributed by atoms with Gasteiger partial charge in [0, 0.05) is 112 Å². The number of imide groups is 6. The van der Waals surface area contributed by atoms with Crippen molar-refractivity contribution in [1.29, 1.82) is 0 Å². The summed E-state index contributed by atoms with van der Waals surface area (Å²) < 4.78 is 6.91. The fourth-order valence-electron chi connectivity index (χ4n) is 16.1. The van der Waals surface area contributed by atoms with Gasteiger partial charge in [-0.15, -0.1) is 20.4 Å². The van der Waals surface area contributed by atoms with Crippen LogP contribution in [0.3, 0.4) is 0 Å². The molecule has 12 amide bonds. The van der Waals surface area contributed by atoms with Crippen molar-refractivity contribution in [2.75, 3.05) is 0 Å². The molecule has 19 rings (SSSR count). The van der Waals surface area contributed by atoms with E-state index in [2.05, 4.69) is 73.1 Å². The Morgan fingerprint density at radius 1 is 0.336 bits per heavy atom. The van der Waals surface area contributed by atoms with Crippen LogP contribution in [-0.2, 0) is 108 Å². The van der Waals surface area contributed by atoms with E-state index in [-0.39, 0.29) is 123 Å². The van der Waals surface area contributed by atoms with E-state index in [0.29, 0.717) is 123 Å². The van der Waals surface area contributed by atoms with Crippen molar-refractivity contribution in [3.05, 3.63) is 264 Å². The summed E-state index contributed by atoms with van der Waals surface area (Å²) in [5.74, 6) is -4.90. The Morgan fingerprint density at radius 2 is 0.701 bits per heavy atom. The van der Waals surface area contributed by atoms with Crippen LogP contribution in [0.4, 0.5) is 0 Å². The molecule has 0 bridgehead atoms. The number of amides is 12. The van der Waals surface area contributed by atoms with E-state index in [1.807, 2.05) is 43.3 Å². The molecule has 6 aromatic heterocycles. The Labute approximate surface area is 777 Å². The molecule has 0 saturated carbocycles. The Hall–Kier alpha value is -16.2. The zero-order chi connectivity index (χ0) is 97.7. The minimum absolute atomic E-state index is 0.0874. The van der Waals surface area contributed by atoms with Crippen LogP contribution in [0.15, 0.2) is 181 Å². The number of halogens is 1. The molecule has 6 saturated heterocycles. The van der Waals surface area contributed by atoms with Gasteiger partial charge < -0.3 is 37.8 Å². The number of piperidine rings is 6. The molecule has 7 aromatic carbocycles. The number of nitrogens with one attached hydrogen (secondary N) is 6. The molecule has 137 heavy (non-hydrogen) atoms. The van der Waals surface area contributed by atoms with Crippen molar-refractivity contribution in [3.8, 4) is 0 Å². The first kappa shape index (κ1) is 96.9. The molecule has 0 radical (unpaired) electrons. The first-order valence-electron chi connectivity index (χ1n) is 43.4. The number of hydrogen-bond acceptors (Lipinski definition) is 32. The monoisotopic (exact) mass is 1880 g/mol. The van der Waals surface area contributed by atoms with Crippen molar-refractivity contribution in [1.82, 2.24) is 101 Å². The molecule has 704 valence electrons. The molecule has 44 nitrogen and oxygen atoms in total. The number of carbonyl (C=O) groups is 13. The lowest BCUT2D eigenvalue weighted by molar-refractivity contribution is -0.137. The van der Waals surface area contributed by atoms with Gasteiger partial charge in [0.15, 0.2) is 0 Å². The summed E-state index contributed by atoms with van der Waals surface area (Å²) in [6.07, 6.45) is 7.11. The number of nitrogens with two attached hydrogens (primary N) is 5. The molecule has 6 aliphatic rings. The number of carbonyl (C=O) groups excluding carboxylic acids is 13. The topological polar surface area (TPSA) is 659 Å². The second-order valence-corrected chi connectivity index (χ2v) is 33.2. The highest BCUT2D eigenvalue weighted by Crippen LogP contribution is 2.27. The molecule has 13 aromatic rings. The Morgan fingerprint density at radius 3 is 1.15 bits per heavy atom. The zero-order valence-electron chi connectivity index (χ0n) is 73.3. The molecule has 0 spiro atoms. The smallest absolute Gasteiger partial charge is 0.278 e. The average molecular weight is 1890 g/mol. The minimum atomic E-state index is -0.857. The van der Waals surface area contributed by atoms with Gasteiger partial charge in [0.25, 0.3) is 57.0 Å². The molecular weight excluding hydrogens is 1790 g/mol. The maximum Gasteiger partial charge on any atom is 0.278 e. The van der Waals surface area contributed by atoms with E-state index in [1.54, 1.807) is 116 Å². The molecule has 6 unspecified atom stereocenters. The van der Waals surface area contributed by atoms with Gasteiger partial charge in [-0.05, 0) is 186 Å². The molecule has 6 atom stereocenters. The van der Waals surface area contributed by atoms with Crippen LogP contribution in [0.2, 0.25) is 5.02 Å². The number of ketones is 1. The van der Waals surface area contributed by atoms with Gasteiger partial charge in [0.2, 0.25) is 47.3 Å². The number of aryl methyl sites for hydroxylation is 2. The van der Waals surface area contributed by atoms with Crippen molar-refractivity contribution < 1.29 is 62.3 Å². The SMILES string of the molecule is Cc1ccc(CC(=O)CCc2ccc3c(=O)n(C4CCC(=O)NC4=O)nnc3c2)cc1Cl.NCc1ccc2c(=O)n(C3CCC(=O)NC3=O)ccc2c1.NCc1ccc2c(=O)n(C3CCC(=O)NC3=O)nnc2c1.NCc1ccc2ccn(C3CCC(=O)NC3=O)c(=O)c2c1.NCc1ccc2nnn(C3CCC(=O)NC3=O)c(=O)c2c1.NCc1cccc2nnn(C3CCC(=O)NC3=O)c(=O)c12. The number of benzene rings is 7. The van der Waals surface area contributed by atoms with E-state index in [9.17, 15) is 91.1 Å². The van der Waals surface area contributed by atoms with E-state index in [4.69, 9.17) is 40.3 Å². The van der Waals surface area contributed by atoms with Gasteiger partial charge in [-0.25, -0.2) is 0 Å². The van der Waals surface area contributed by atoms with Gasteiger partial charge in [-0.2, -0.15) is 18.7 Å². The number of fused-ring (bicyclic) bond motifs is 6. The minimum Gasteiger partial charge on any atom is -0.326 e. The molecule has 6 fully saturated rings. The summed E-state index contributed by atoms with van der Waals surface area (Å²) in [5.41, 5.74) is 34.3. The first-order chi connectivity index (χ1) is 65.8. The highest BCUT2D eigenvalue weighted by atomic mass is 35.5. The Kier molecular flexibility index (Phi) is 30.3. The van der Waals surface area contributed by atoms with Gasteiger partial charge >= 0.3 is 0 Å². The van der Waals surface area contributed by atoms with E-state index in [1.165, 1.54) is 9.13 Å². The maximum atomic E-state index is 12.8. The van der Waals surface area contributed by atoms with Crippen LogP contribution >= 0.6 is 11.6 Å². The second kappa shape index (κ2) is 42.8. The number of aromatic nitrogens is 14. The summed E-state index contributed by atoms with van der Waals surface area (Å²) in [5, 5.41) is 49.5. The first-order valence-corrected chi connectivity index (χ1v) is 43.8. The van der Waals surface area contributed by atoms with Crippen LogP contribution in [-0.4, -0.2) is 146 Å². The number of nitrogens with zero attached hydrogens (tertiary/aromatic N) is 14. The maximum absolute atomic E-state index is 12.8. The third-order valence-corrected chi connectivity index (χ3v) is 24.1. The molecular formula is C92H90ClN25O19. The Balaban J connectivity index is 0.000000132. The molecule has 12 heterocycles. The fourth-order valence-corrected chi connectivity index (χ4v) is 16.3. The summed E-state index contributed by atoms with van der Waals surface area (Å²) in [7, 11) is 0. The summed E-state index contributed by atoms with van der Waals surface area (Å²) in [4.78, 5) is 226. The van der Waals surface area contributed by atoms with Gasteiger partial charge in [-0.3, -0.25) is 123 Å². The van der Waals surface area contributed by atoms with E-state index < -0.39 is 93.9 Å². The standard InChI is InChI=1S/C23H21ClN4O4.2C15H15N3O3.3C13H13N5O3/c1-13-2-3-15(11-18(13)24)10-16(29)6-4-14-5-7-17-19(12-14)26-27-28(23(17)32)20-8-9-21(30)25-22(20)31;16-8-9-1-2-11-10(7-9)5-6-18(15(11)21)12-3-4-13(19)17-14(12)20;16-8-9-1-2-10-5-6-18(15(21)11(10)7-9)12-3-4-13(19)17-14(12)20;14-6-7-1-2-9-8(5-7)13(21)18(17-16-9)10-3-4-11(19)15-12(10)20;14-6-7-1-2-8-9(5-7)16-17-18(13(8)21)10-3-4-11(19)15-12(10)20;14-6-7-2-1-3-8-11(7)13(21)18(17-16-8)9-4-5-10(19)15-12(9)20/h2-3,5,7,11-12,20H,4,6,8-10H2,1H3,(H,25,30,31);2*1-2,5-7,12H,3-4,8,16H2,(H,17,19,20);2*1-2,5,10H,3-4,6,14H2,(H,15,19,20);1-3,9H,4-6,14H2,(H,15,19,20). The van der Waals surface area contributed by atoms with Crippen molar-refractivity contribution in [3.63, 3.8) is 0 Å². The molecule has 0 aliphatic carbocycles. The number of rotatable bonds is 16. The highest BCUT2D eigenvalue weighted by molar-refractivity contribution is 6.31. The predicted octanol–water partition coefficient (Wildman–Crippen LogP) is 1.03. The fraction of sp³-hybridized carbons (Fsp3) is 0.293. The predicted molar refractivity (Wildman–Crippen MR) is 493 cm³/mol. The zero-order valence-corrected chi connectivity index (χ0v) is 74.1. The third kappa shape index (κ3) is 22.0. The Bertz CT molecular complexity index is 7260. The lowest BCUT2D eigenvalue weighted by Crippen LogP contribution is -2.45. The van der Waals surface area contributed by atoms with Gasteiger partial charge in [0.05, 0.1) is 21.5 Å². The summed E-state index contributed by atoms with van der Waals surface area (Å²) >= 11 is 6.13. The molecule has 6 aliphatic heterocycles. The van der Waals surface area contributed by atoms with E-state index >= 15 is 0 Å². The van der Waals surface area contributed by atoms with Crippen LogP contribution in [0, 0.1) is 6.92 Å². The van der Waals surface area contributed by atoms with Crippen molar-refractivity contribution >= 4 is 153 Å². The molecule has 16 N–H and O–H groups in total. The quantitative estimate of drug-likeness (QED) is 0.0602.